The van der Waals surface area contributed by atoms with E-state index in [-0.39, 0.29) is 0 Å². The molecular weight excluding hydrogens is 166 g/mol. The summed E-state index contributed by atoms with van der Waals surface area (Å²) in [6.07, 6.45) is 0. The summed E-state index contributed by atoms with van der Waals surface area (Å²) in [6.45, 7) is 2.51. The molecule has 1 rings (SSSR count). The Hall–Kier alpha value is -1.71. The predicted octanol–water partition coefficient (Wildman–Crippen LogP) is 0.624. The van der Waals surface area contributed by atoms with E-state index in [1.807, 2.05) is 6.92 Å². The molecule has 13 heavy (non-hydrogen) atoms. The third-order valence-electron chi connectivity index (χ3n) is 1.61. The third kappa shape index (κ3) is 2.11. The van der Waals surface area contributed by atoms with E-state index in [2.05, 4.69) is 5.32 Å². The van der Waals surface area contributed by atoms with Crippen molar-refractivity contribution in [3.05, 3.63) is 23.8 Å². The highest BCUT2D eigenvalue weighted by Crippen LogP contribution is 2.18. The summed E-state index contributed by atoms with van der Waals surface area (Å²) in [5.74, 6) is -0.500. The lowest BCUT2D eigenvalue weighted by atomic mass is 10.1. The van der Waals surface area contributed by atoms with E-state index in [4.69, 9.17) is 11.5 Å². The standard InChI is InChI=1S/C9H12N3O/c1-2-12-8-4-3-6(10)5-7(8)9(11)13/h3-5H,2,10H2,1H3,(H2,11,13). The van der Waals surface area contributed by atoms with Gasteiger partial charge in [-0.3, -0.25) is 10.1 Å². The zero-order valence-electron chi connectivity index (χ0n) is 7.45. The minimum absolute atomic E-state index is 0.377. The molecule has 0 unspecified atom stereocenters. The van der Waals surface area contributed by atoms with Crippen LogP contribution in [0.5, 0.6) is 0 Å². The minimum Gasteiger partial charge on any atom is -0.399 e. The quantitative estimate of drug-likeness (QED) is 0.665. The van der Waals surface area contributed by atoms with Crippen LogP contribution < -0.4 is 16.8 Å². The van der Waals surface area contributed by atoms with Crippen molar-refractivity contribution in [2.45, 2.75) is 6.92 Å². The highest BCUT2D eigenvalue weighted by atomic mass is 16.1. The molecule has 0 heterocycles. The molecule has 4 heteroatoms. The van der Waals surface area contributed by atoms with E-state index >= 15 is 0 Å². The van der Waals surface area contributed by atoms with E-state index < -0.39 is 5.91 Å². The maximum Gasteiger partial charge on any atom is 0.250 e. The lowest BCUT2D eigenvalue weighted by Gasteiger charge is -2.05. The first kappa shape index (κ1) is 9.38. The highest BCUT2D eigenvalue weighted by Gasteiger charge is 2.07. The summed E-state index contributed by atoms with van der Waals surface area (Å²) in [5, 5.41) is 4.11. The molecule has 4 N–H and O–H groups in total. The van der Waals surface area contributed by atoms with Crippen LogP contribution in [0, 0.1) is 0 Å². The third-order valence-corrected chi connectivity index (χ3v) is 1.61. The van der Waals surface area contributed by atoms with Gasteiger partial charge in [0.1, 0.15) is 0 Å². The number of amides is 1. The summed E-state index contributed by atoms with van der Waals surface area (Å²) in [7, 11) is 0. The molecule has 1 aromatic carbocycles. The summed E-state index contributed by atoms with van der Waals surface area (Å²) in [4.78, 5) is 11.0. The Morgan fingerprint density at radius 2 is 2.23 bits per heavy atom. The average Bonchev–Trinajstić information content (AvgIpc) is 2.08. The molecule has 0 aliphatic carbocycles. The van der Waals surface area contributed by atoms with Gasteiger partial charge in [-0.05, 0) is 25.1 Å². The molecule has 0 saturated carbocycles. The van der Waals surface area contributed by atoms with Crippen molar-refractivity contribution in [3.8, 4) is 0 Å². The molecule has 0 atom stereocenters. The van der Waals surface area contributed by atoms with Gasteiger partial charge in [-0.15, -0.1) is 0 Å². The first-order chi connectivity index (χ1) is 6.15. The number of carbonyl (C=O) groups excluding carboxylic acids is 1. The van der Waals surface area contributed by atoms with Gasteiger partial charge in [0.15, 0.2) is 0 Å². The monoisotopic (exact) mass is 178 g/mol. The van der Waals surface area contributed by atoms with Gasteiger partial charge in [-0.2, -0.15) is 0 Å². The molecule has 0 aromatic heterocycles. The van der Waals surface area contributed by atoms with Crippen LogP contribution in [-0.4, -0.2) is 12.5 Å². The molecule has 0 aliphatic rings. The summed E-state index contributed by atoms with van der Waals surface area (Å²) in [6, 6.07) is 4.93. The number of hydrogen-bond acceptors (Lipinski definition) is 2. The van der Waals surface area contributed by atoms with Gasteiger partial charge in [0.05, 0.1) is 11.3 Å². The smallest absolute Gasteiger partial charge is 0.250 e. The van der Waals surface area contributed by atoms with Crippen molar-refractivity contribution < 1.29 is 4.79 Å². The number of nitrogens with zero attached hydrogens (tertiary/aromatic N) is 1. The van der Waals surface area contributed by atoms with Crippen molar-refractivity contribution in [2.75, 3.05) is 12.3 Å². The van der Waals surface area contributed by atoms with Crippen LogP contribution in [0.2, 0.25) is 0 Å². The fraction of sp³-hybridized carbons (Fsp3) is 0.222. The van der Waals surface area contributed by atoms with Gasteiger partial charge in [0, 0.05) is 12.2 Å². The lowest BCUT2D eigenvalue weighted by molar-refractivity contribution is 0.100. The van der Waals surface area contributed by atoms with Gasteiger partial charge in [-0.1, -0.05) is 0 Å². The number of rotatable bonds is 3. The maximum absolute atomic E-state index is 11.0. The molecule has 1 amide bonds. The number of hydrogen-bond donors (Lipinski definition) is 2. The Morgan fingerprint density at radius 1 is 1.54 bits per heavy atom. The lowest BCUT2D eigenvalue weighted by Crippen LogP contribution is -2.14. The second-order valence-corrected chi connectivity index (χ2v) is 2.62. The van der Waals surface area contributed by atoms with Gasteiger partial charge in [0.25, 0.3) is 5.91 Å². The van der Waals surface area contributed by atoms with Crippen LogP contribution in [0.3, 0.4) is 0 Å². The van der Waals surface area contributed by atoms with Crippen LogP contribution in [0.25, 0.3) is 0 Å². The molecule has 1 radical (unpaired) electrons. The molecule has 4 nitrogen and oxygen atoms in total. The molecule has 0 saturated heterocycles. The molecule has 0 fully saturated rings. The van der Waals surface area contributed by atoms with Crippen molar-refractivity contribution in [1.82, 2.24) is 5.32 Å². The Balaban J connectivity index is 3.10. The van der Waals surface area contributed by atoms with Gasteiger partial charge in [0.2, 0.25) is 0 Å². The van der Waals surface area contributed by atoms with E-state index in [1.165, 1.54) is 6.07 Å². The van der Waals surface area contributed by atoms with Crippen molar-refractivity contribution in [1.29, 1.82) is 0 Å². The largest absolute Gasteiger partial charge is 0.399 e. The number of carbonyl (C=O) groups is 1. The van der Waals surface area contributed by atoms with Crippen molar-refractivity contribution in [2.24, 2.45) is 5.73 Å². The summed E-state index contributed by atoms with van der Waals surface area (Å²) < 4.78 is 0. The molecule has 0 spiro atoms. The van der Waals surface area contributed by atoms with Gasteiger partial charge in [-0.25, -0.2) is 0 Å². The Morgan fingerprint density at radius 3 is 2.77 bits per heavy atom. The number of anilines is 1. The van der Waals surface area contributed by atoms with Gasteiger partial charge >= 0.3 is 0 Å². The number of nitrogens with two attached hydrogens (primary N) is 2. The van der Waals surface area contributed by atoms with Crippen LogP contribution in [-0.2, 0) is 0 Å². The van der Waals surface area contributed by atoms with Crippen LogP contribution >= 0.6 is 0 Å². The first-order valence-electron chi connectivity index (χ1n) is 4.02. The minimum atomic E-state index is -0.500. The van der Waals surface area contributed by atoms with E-state index in [0.29, 0.717) is 23.5 Å². The topological polar surface area (TPSA) is 83.2 Å². The second kappa shape index (κ2) is 3.80. The zero-order chi connectivity index (χ0) is 9.84. The van der Waals surface area contributed by atoms with Crippen LogP contribution in [0.15, 0.2) is 18.2 Å². The number of nitrogen functional groups attached to an aromatic ring is 1. The van der Waals surface area contributed by atoms with Crippen LogP contribution in [0.4, 0.5) is 11.4 Å². The SMILES string of the molecule is CC[N]c1ccc(N)cc1C(N)=O. The zero-order valence-corrected chi connectivity index (χ0v) is 7.45. The number of benzene rings is 1. The predicted molar refractivity (Wildman–Crippen MR) is 51.7 cm³/mol. The molecular formula is C9H12N3O. The highest BCUT2D eigenvalue weighted by molar-refractivity contribution is 5.98. The molecule has 0 bridgehead atoms. The normalized spacial score (nSPS) is 9.62. The van der Waals surface area contributed by atoms with Crippen LogP contribution in [0.1, 0.15) is 17.3 Å². The fourth-order valence-electron chi connectivity index (χ4n) is 1.06. The van der Waals surface area contributed by atoms with Gasteiger partial charge < -0.3 is 11.5 Å². The molecule has 69 valence electrons. The molecule has 1 aromatic rings. The van der Waals surface area contributed by atoms with Crippen molar-refractivity contribution in [3.63, 3.8) is 0 Å². The van der Waals surface area contributed by atoms with E-state index in [9.17, 15) is 4.79 Å². The average molecular weight is 178 g/mol. The maximum atomic E-state index is 11.0. The van der Waals surface area contributed by atoms with E-state index in [0.717, 1.165) is 0 Å². The Kier molecular flexibility index (Phi) is 2.74. The summed E-state index contributed by atoms with van der Waals surface area (Å²) >= 11 is 0. The Labute approximate surface area is 76.9 Å². The van der Waals surface area contributed by atoms with Crippen molar-refractivity contribution >= 4 is 17.3 Å². The number of primary amides is 1. The Bertz CT molecular complexity index is 323. The second-order valence-electron chi connectivity index (χ2n) is 2.62. The fourth-order valence-corrected chi connectivity index (χ4v) is 1.06. The molecule has 0 aliphatic heterocycles. The first-order valence-corrected chi connectivity index (χ1v) is 4.02. The van der Waals surface area contributed by atoms with E-state index in [1.54, 1.807) is 12.1 Å². The summed E-state index contributed by atoms with van der Waals surface area (Å²) in [5.41, 5.74) is 12.2.